The van der Waals surface area contributed by atoms with Crippen molar-refractivity contribution in [2.75, 3.05) is 5.32 Å². The van der Waals surface area contributed by atoms with E-state index in [2.05, 4.69) is 5.32 Å². The molecule has 0 aliphatic heterocycles. The van der Waals surface area contributed by atoms with Gasteiger partial charge in [-0.05, 0) is 53.4 Å². The Balaban J connectivity index is 1.66. The van der Waals surface area contributed by atoms with Gasteiger partial charge < -0.3 is 9.88 Å². The summed E-state index contributed by atoms with van der Waals surface area (Å²) < 4.78 is 25.7. The largest absolute Gasteiger partial charge is 0.331 e. The molecule has 0 radical (unpaired) electrons. The van der Waals surface area contributed by atoms with E-state index in [0.29, 0.717) is 22.9 Å². The van der Waals surface area contributed by atoms with Crippen LogP contribution in [0.15, 0.2) is 70.9 Å². The molecule has 0 atom stereocenters. The molecule has 9 heteroatoms. The Morgan fingerprint density at radius 1 is 1.10 bits per heavy atom. The average Bonchev–Trinajstić information content (AvgIpc) is 3.26. The van der Waals surface area contributed by atoms with Crippen LogP contribution in [-0.2, 0) is 16.6 Å². The van der Waals surface area contributed by atoms with Crippen LogP contribution in [0.5, 0.6) is 0 Å². The minimum Gasteiger partial charge on any atom is -0.331 e. The number of nitrogens with zero attached hydrogens (tertiary/aromatic N) is 1. The number of benzene rings is 2. The van der Waals surface area contributed by atoms with Gasteiger partial charge in [0.25, 0.3) is 5.91 Å². The normalized spacial score (nSPS) is 11.7. The van der Waals surface area contributed by atoms with E-state index in [1.165, 1.54) is 24.3 Å². The standard InChI is InChI=1S/C20H16ClN3O3S2/c21-16-4-2-1-3-13(16)12-24-17-9-10-28-19(17)11-18(24)20(25)23-14-5-7-15(8-6-14)29(22,26)27/h1-11H,12H2,(H,23,25)(H2,22,26,27). The quantitative estimate of drug-likeness (QED) is 0.479. The number of hydrogen-bond acceptors (Lipinski definition) is 4. The van der Waals surface area contributed by atoms with Gasteiger partial charge in [-0.15, -0.1) is 11.3 Å². The molecule has 2 aromatic heterocycles. The number of sulfonamides is 1. The maximum absolute atomic E-state index is 13.0. The number of fused-ring (bicyclic) bond motifs is 1. The van der Waals surface area contributed by atoms with E-state index in [1.54, 1.807) is 11.3 Å². The zero-order valence-corrected chi connectivity index (χ0v) is 17.4. The number of hydrogen-bond donors (Lipinski definition) is 2. The van der Waals surface area contributed by atoms with Gasteiger partial charge in [-0.25, -0.2) is 13.6 Å². The molecular weight excluding hydrogens is 430 g/mol. The molecule has 29 heavy (non-hydrogen) atoms. The number of carbonyl (C=O) groups is 1. The molecule has 0 saturated carbocycles. The Morgan fingerprint density at radius 3 is 2.52 bits per heavy atom. The molecule has 2 heterocycles. The molecular formula is C20H16ClN3O3S2. The van der Waals surface area contributed by atoms with E-state index < -0.39 is 10.0 Å². The highest BCUT2D eigenvalue weighted by atomic mass is 35.5. The molecule has 0 unspecified atom stereocenters. The Bertz CT molecular complexity index is 1310. The second-order valence-corrected chi connectivity index (χ2v) is 9.32. The van der Waals surface area contributed by atoms with Crippen LogP contribution >= 0.6 is 22.9 Å². The Morgan fingerprint density at radius 2 is 1.83 bits per heavy atom. The highest BCUT2D eigenvalue weighted by Gasteiger charge is 2.18. The summed E-state index contributed by atoms with van der Waals surface area (Å²) in [5.41, 5.74) is 2.81. The third-order valence-corrected chi connectivity index (χ3v) is 6.63. The fraction of sp³-hybridized carbons (Fsp3) is 0.0500. The van der Waals surface area contributed by atoms with Crippen molar-refractivity contribution in [2.45, 2.75) is 11.4 Å². The maximum atomic E-state index is 13.0. The van der Waals surface area contributed by atoms with Gasteiger partial charge in [0.05, 0.1) is 15.1 Å². The highest BCUT2D eigenvalue weighted by molar-refractivity contribution is 7.89. The molecule has 0 fully saturated rings. The third-order valence-electron chi connectivity index (χ3n) is 4.48. The average molecular weight is 446 g/mol. The molecule has 6 nitrogen and oxygen atoms in total. The van der Waals surface area contributed by atoms with Gasteiger partial charge in [-0.1, -0.05) is 29.8 Å². The first kappa shape index (κ1) is 19.7. The van der Waals surface area contributed by atoms with Crippen molar-refractivity contribution in [3.05, 3.63) is 82.3 Å². The van der Waals surface area contributed by atoms with E-state index in [-0.39, 0.29) is 10.8 Å². The van der Waals surface area contributed by atoms with Crippen molar-refractivity contribution >= 4 is 54.8 Å². The number of halogens is 1. The zero-order chi connectivity index (χ0) is 20.6. The molecule has 0 saturated heterocycles. The number of primary sulfonamides is 1. The minimum absolute atomic E-state index is 0.0156. The van der Waals surface area contributed by atoms with Crippen LogP contribution in [0.1, 0.15) is 16.1 Å². The number of carbonyl (C=O) groups excluding carboxylic acids is 1. The summed E-state index contributed by atoms with van der Waals surface area (Å²) in [6.45, 7) is 0.451. The van der Waals surface area contributed by atoms with E-state index in [0.717, 1.165) is 15.8 Å². The lowest BCUT2D eigenvalue weighted by Gasteiger charge is -2.12. The number of anilines is 1. The fourth-order valence-corrected chi connectivity index (χ4v) is 4.59. The number of nitrogens with one attached hydrogen (secondary N) is 1. The van der Waals surface area contributed by atoms with Crippen LogP contribution < -0.4 is 10.5 Å². The van der Waals surface area contributed by atoms with Crippen molar-refractivity contribution in [1.29, 1.82) is 0 Å². The fourth-order valence-electron chi connectivity index (χ4n) is 3.06. The summed E-state index contributed by atoms with van der Waals surface area (Å²) in [4.78, 5) is 12.9. The lowest BCUT2D eigenvalue weighted by Crippen LogP contribution is -2.18. The highest BCUT2D eigenvalue weighted by Crippen LogP contribution is 2.28. The molecule has 4 rings (SSSR count). The SMILES string of the molecule is NS(=O)(=O)c1ccc(NC(=O)c2cc3sccc3n2Cc2ccccc2Cl)cc1. The van der Waals surface area contributed by atoms with Crippen molar-refractivity contribution in [3.63, 3.8) is 0 Å². The lowest BCUT2D eigenvalue weighted by atomic mass is 10.2. The predicted octanol–water partition coefficient (Wildman–Crippen LogP) is 4.30. The molecule has 0 spiro atoms. The maximum Gasteiger partial charge on any atom is 0.272 e. The molecule has 2 aromatic carbocycles. The summed E-state index contributed by atoms with van der Waals surface area (Å²) in [6.07, 6.45) is 0. The number of nitrogens with two attached hydrogens (primary N) is 1. The van der Waals surface area contributed by atoms with Gasteiger partial charge in [0, 0.05) is 17.3 Å². The molecule has 4 aromatic rings. The van der Waals surface area contributed by atoms with E-state index >= 15 is 0 Å². The van der Waals surface area contributed by atoms with Crippen molar-refractivity contribution in [2.24, 2.45) is 5.14 Å². The zero-order valence-electron chi connectivity index (χ0n) is 15.0. The summed E-state index contributed by atoms with van der Waals surface area (Å²) >= 11 is 7.86. The first-order valence-electron chi connectivity index (χ1n) is 8.57. The first-order valence-corrected chi connectivity index (χ1v) is 11.4. The van der Waals surface area contributed by atoms with Gasteiger partial charge in [0.1, 0.15) is 5.69 Å². The Labute approximate surface area is 176 Å². The Kier molecular flexibility index (Phi) is 5.18. The topological polar surface area (TPSA) is 94.2 Å². The van der Waals surface area contributed by atoms with E-state index in [1.807, 2.05) is 46.3 Å². The summed E-state index contributed by atoms with van der Waals surface area (Å²) in [6, 6.07) is 17.0. The van der Waals surface area contributed by atoms with Gasteiger partial charge >= 0.3 is 0 Å². The number of rotatable bonds is 5. The molecule has 3 N–H and O–H groups in total. The summed E-state index contributed by atoms with van der Waals surface area (Å²) in [7, 11) is -3.78. The second kappa shape index (κ2) is 7.64. The van der Waals surface area contributed by atoms with Crippen LogP contribution in [0.2, 0.25) is 5.02 Å². The van der Waals surface area contributed by atoms with Gasteiger partial charge in [0.15, 0.2) is 0 Å². The van der Waals surface area contributed by atoms with Crippen LogP contribution in [-0.4, -0.2) is 18.9 Å². The first-order chi connectivity index (χ1) is 13.8. The predicted molar refractivity (Wildman–Crippen MR) is 116 cm³/mol. The molecule has 0 aliphatic carbocycles. The monoisotopic (exact) mass is 445 g/mol. The van der Waals surface area contributed by atoms with Crippen molar-refractivity contribution in [3.8, 4) is 0 Å². The number of thiophene rings is 1. The van der Waals surface area contributed by atoms with Crippen molar-refractivity contribution in [1.82, 2.24) is 4.57 Å². The van der Waals surface area contributed by atoms with Crippen LogP contribution in [0.3, 0.4) is 0 Å². The minimum atomic E-state index is -3.78. The molecule has 148 valence electrons. The molecule has 0 aliphatic rings. The molecule has 0 bridgehead atoms. The third kappa shape index (κ3) is 4.06. The number of amides is 1. The number of aromatic nitrogens is 1. The van der Waals surface area contributed by atoms with Gasteiger partial charge in [0.2, 0.25) is 10.0 Å². The lowest BCUT2D eigenvalue weighted by molar-refractivity contribution is 0.101. The van der Waals surface area contributed by atoms with Crippen molar-refractivity contribution < 1.29 is 13.2 Å². The Hall–Kier alpha value is -2.65. The van der Waals surface area contributed by atoms with E-state index in [4.69, 9.17) is 16.7 Å². The second-order valence-electron chi connectivity index (χ2n) is 6.40. The van der Waals surface area contributed by atoms with Crippen LogP contribution in [0.4, 0.5) is 5.69 Å². The molecule has 1 amide bonds. The van der Waals surface area contributed by atoms with Crippen LogP contribution in [0, 0.1) is 0 Å². The summed E-state index contributed by atoms with van der Waals surface area (Å²) in [5.74, 6) is -0.302. The smallest absolute Gasteiger partial charge is 0.272 e. The van der Waals surface area contributed by atoms with Crippen LogP contribution in [0.25, 0.3) is 10.2 Å². The van der Waals surface area contributed by atoms with Gasteiger partial charge in [-0.3, -0.25) is 4.79 Å². The van der Waals surface area contributed by atoms with E-state index in [9.17, 15) is 13.2 Å². The van der Waals surface area contributed by atoms with Gasteiger partial charge in [-0.2, -0.15) is 0 Å². The summed E-state index contributed by atoms with van der Waals surface area (Å²) in [5, 5.41) is 10.5.